The zero-order valence-corrected chi connectivity index (χ0v) is 16.6. The highest BCUT2D eigenvalue weighted by Gasteiger charge is 2.18. The Bertz CT molecular complexity index is 860. The lowest BCUT2D eigenvalue weighted by molar-refractivity contribution is -0.121. The van der Waals surface area contributed by atoms with Crippen LogP contribution in [0, 0.1) is 5.92 Å². The van der Waals surface area contributed by atoms with Crippen LogP contribution in [-0.2, 0) is 11.2 Å². The van der Waals surface area contributed by atoms with Gasteiger partial charge in [0.1, 0.15) is 5.75 Å². The van der Waals surface area contributed by atoms with Gasteiger partial charge in [0.25, 0.3) is 5.56 Å². The second-order valence-electron chi connectivity index (χ2n) is 6.88. The molecular formula is C20H28N4O3. The number of rotatable bonds is 8. The number of benzene rings is 1. The number of hydrogen-bond donors (Lipinski definition) is 2. The monoisotopic (exact) mass is 372 g/mol. The summed E-state index contributed by atoms with van der Waals surface area (Å²) in [6, 6.07) is 7.23. The van der Waals surface area contributed by atoms with E-state index in [1.807, 2.05) is 32.9 Å². The van der Waals surface area contributed by atoms with Gasteiger partial charge >= 0.3 is 0 Å². The van der Waals surface area contributed by atoms with Gasteiger partial charge in [-0.25, -0.2) is 10.1 Å². The number of aryl methyl sites for hydroxylation is 1. The summed E-state index contributed by atoms with van der Waals surface area (Å²) in [4.78, 5) is 24.8. The van der Waals surface area contributed by atoms with E-state index in [2.05, 4.69) is 15.6 Å². The van der Waals surface area contributed by atoms with Gasteiger partial charge in [-0.2, -0.15) is 5.10 Å². The van der Waals surface area contributed by atoms with Crippen molar-refractivity contribution in [1.29, 1.82) is 0 Å². The molecule has 0 aliphatic rings. The van der Waals surface area contributed by atoms with E-state index in [-0.39, 0.29) is 17.4 Å². The number of aromatic nitrogens is 2. The van der Waals surface area contributed by atoms with E-state index in [1.165, 1.54) is 4.68 Å². The number of H-pyrrole nitrogens is 1. The number of amides is 1. The number of hydrazone groups is 1. The summed E-state index contributed by atoms with van der Waals surface area (Å²) < 4.78 is 6.66. The van der Waals surface area contributed by atoms with E-state index in [4.69, 9.17) is 4.74 Å². The number of nitrogens with one attached hydrogen (secondary N) is 2. The number of methoxy groups -OCH3 is 1. The first-order valence-corrected chi connectivity index (χ1v) is 9.19. The fourth-order valence-corrected chi connectivity index (χ4v) is 2.82. The molecule has 7 nitrogen and oxygen atoms in total. The summed E-state index contributed by atoms with van der Waals surface area (Å²) in [6.07, 6.45) is 1.98. The van der Waals surface area contributed by atoms with Gasteiger partial charge in [-0.1, -0.05) is 27.2 Å². The minimum absolute atomic E-state index is 0.160. The molecule has 0 fully saturated rings. The van der Waals surface area contributed by atoms with Crippen molar-refractivity contribution in [1.82, 2.24) is 15.2 Å². The zero-order valence-electron chi connectivity index (χ0n) is 16.6. The fourth-order valence-electron chi connectivity index (χ4n) is 2.82. The molecule has 1 heterocycles. The summed E-state index contributed by atoms with van der Waals surface area (Å²) in [7, 11) is 1.60. The first-order valence-electron chi connectivity index (χ1n) is 9.19. The highest BCUT2D eigenvalue weighted by molar-refractivity contribution is 6.00. The summed E-state index contributed by atoms with van der Waals surface area (Å²) in [5.74, 6) is 0.807. The molecule has 1 aromatic carbocycles. The van der Waals surface area contributed by atoms with Crippen molar-refractivity contribution >= 4 is 11.6 Å². The summed E-state index contributed by atoms with van der Waals surface area (Å²) >= 11 is 0. The molecule has 0 aliphatic heterocycles. The van der Waals surface area contributed by atoms with Crippen molar-refractivity contribution in [3.05, 3.63) is 45.9 Å². The molecule has 0 radical (unpaired) electrons. The predicted octanol–water partition coefficient (Wildman–Crippen LogP) is 3.01. The van der Waals surface area contributed by atoms with Crippen LogP contribution < -0.4 is 15.7 Å². The maximum atomic E-state index is 13.0. The number of carbonyl (C=O) groups excluding carboxylic acids is 1. The van der Waals surface area contributed by atoms with Crippen molar-refractivity contribution < 1.29 is 9.53 Å². The molecule has 0 spiro atoms. The molecule has 0 saturated heterocycles. The van der Waals surface area contributed by atoms with Gasteiger partial charge in [-0.15, -0.1) is 0 Å². The molecule has 0 unspecified atom stereocenters. The Morgan fingerprint density at radius 1 is 1.30 bits per heavy atom. The van der Waals surface area contributed by atoms with Crippen LogP contribution in [0.2, 0.25) is 0 Å². The van der Waals surface area contributed by atoms with Crippen LogP contribution in [-0.4, -0.2) is 28.5 Å². The smallest absolute Gasteiger partial charge is 0.280 e. The highest BCUT2D eigenvalue weighted by atomic mass is 16.5. The molecule has 2 N–H and O–H groups in total. The molecule has 7 heteroatoms. The van der Waals surface area contributed by atoms with Crippen LogP contribution in [0.1, 0.15) is 51.8 Å². The topological polar surface area (TPSA) is 88.5 Å². The van der Waals surface area contributed by atoms with Crippen LogP contribution in [0.25, 0.3) is 5.69 Å². The number of ether oxygens (including phenoxy) is 1. The molecule has 1 amide bonds. The van der Waals surface area contributed by atoms with Gasteiger partial charge in [-0.3, -0.25) is 14.7 Å². The van der Waals surface area contributed by atoms with Gasteiger partial charge in [0.15, 0.2) is 0 Å². The Morgan fingerprint density at radius 3 is 2.52 bits per heavy atom. The van der Waals surface area contributed by atoms with Crippen LogP contribution in [0.4, 0.5) is 0 Å². The van der Waals surface area contributed by atoms with E-state index < -0.39 is 0 Å². The zero-order chi connectivity index (χ0) is 20.0. The Morgan fingerprint density at radius 2 is 1.96 bits per heavy atom. The largest absolute Gasteiger partial charge is 0.497 e. The maximum absolute atomic E-state index is 13.0. The Kier molecular flexibility index (Phi) is 6.98. The van der Waals surface area contributed by atoms with E-state index in [0.717, 1.165) is 17.9 Å². The number of carbonyl (C=O) groups is 1. The molecule has 0 bridgehead atoms. The van der Waals surface area contributed by atoms with Gasteiger partial charge in [0.05, 0.1) is 24.1 Å². The second kappa shape index (κ2) is 9.21. The molecule has 1 aromatic heterocycles. The first kappa shape index (κ1) is 20.5. The van der Waals surface area contributed by atoms with E-state index in [0.29, 0.717) is 29.8 Å². The van der Waals surface area contributed by atoms with E-state index >= 15 is 0 Å². The third-order valence-electron chi connectivity index (χ3n) is 4.10. The van der Waals surface area contributed by atoms with Gasteiger partial charge in [-0.05, 0) is 43.5 Å². The second-order valence-corrected chi connectivity index (χ2v) is 6.88. The Labute approximate surface area is 159 Å². The third kappa shape index (κ3) is 5.09. The fraction of sp³-hybridized carbons (Fsp3) is 0.450. The van der Waals surface area contributed by atoms with E-state index in [1.54, 1.807) is 26.2 Å². The summed E-state index contributed by atoms with van der Waals surface area (Å²) in [5.41, 5.74) is 4.85. The summed E-state index contributed by atoms with van der Waals surface area (Å²) in [6.45, 7) is 7.71. The first-order chi connectivity index (χ1) is 12.9. The SMILES string of the molecule is CCCc1[nH]n(-c2ccc(OC)cc2)c(=O)c1/C(C)=N/NC(=O)CC(C)C. The Balaban J connectivity index is 2.38. The molecule has 2 rings (SSSR count). The minimum atomic E-state index is -0.192. The summed E-state index contributed by atoms with van der Waals surface area (Å²) in [5, 5.41) is 7.32. The van der Waals surface area contributed by atoms with Crippen LogP contribution in [0.5, 0.6) is 5.75 Å². The highest BCUT2D eigenvalue weighted by Crippen LogP contribution is 2.15. The Hall–Kier alpha value is -2.83. The van der Waals surface area contributed by atoms with Crippen molar-refractivity contribution in [3.63, 3.8) is 0 Å². The lowest BCUT2D eigenvalue weighted by atomic mass is 10.1. The third-order valence-corrected chi connectivity index (χ3v) is 4.10. The standard InChI is InChI=1S/C20H28N4O3/c1-6-7-17-19(14(4)21-22-18(25)12-13(2)3)20(26)24(23-17)15-8-10-16(27-5)11-9-15/h8-11,13,23H,6-7,12H2,1-5H3,(H,22,25)/b21-14+. The minimum Gasteiger partial charge on any atom is -0.497 e. The van der Waals surface area contributed by atoms with Crippen LogP contribution in [0.15, 0.2) is 34.2 Å². The number of hydrogen-bond acceptors (Lipinski definition) is 4. The normalized spacial score (nSPS) is 11.7. The molecule has 146 valence electrons. The lowest BCUT2D eigenvalue weighted by Gasteiger charge is -2.04. The molecule has 0 atom stereocenters. The number of aromatic amines is 1. The van der Waals surface area contributed by atoms with Crippen molar-refractivity contribution in [2.75, 3.05) is 7.11 Å². The lowest BCUT2D eigenvalue weighted by Crippen LogP contribution is -2.24. The molecule has 0 saturated carbocycles. The van der Waals surface area contributed by atoms with Gasteiger partial charge in [0, 0.05) is 12.1 Å². The van der Waals surface area contributed by atoms with Crippen LogP contribution in [0.3, 0.4) is 0 Å². The average Bonchev–Trinajstić information content (AvgIpc) is 2.96. The van der Waals surface area contributed by atoms with Crippen molar-refractivity contribution in [2.24, 2.45) is 11.0 Å². The number of nitrogens with zero attached hydrogens (tertiary/aromatic N) is 2. The quantitative estimate of drug-likeness (QED) is 0.551. The van der Waals surface area contributed by atoms with Gasteiger partial charge < -0.3 is 4.74 Å². The van der Waals surface area contributed by atoms with E-state index in [9.17, 15) is 9.59 Å². The average molecular weight is 372 g/mol. The van der Waals surface area contributed by atoms with Crippen molar-refractivity contribution in [3.8, 4) is 11.4 Å². The van der Waals surface area contributed by atoms with Crippen molar-refractivity contribution in [2.45, 2.75) is 47.0 Å². The van der Waals surface area contributed by atoms with Crippen LogP contribution >= 0.6 is 0 Å². The maximum Gasteiger partial charge on any atom is 0.280 e. The molecular weight excluding hydrogens is 344 g/mol. The van der Waals surface area contributed by atoms with Gasteiger partial charge in [0.2, 0.25) is 5.91 Å². The molecule has 27 heavy (non-hydrogen) atoms. The molecule has 0 aliphatic carbocycles. The predicted molar refractivity (Wildman–Crippen MR) is 107 cm³/mol. The molecule has 2 aromatic rings.